The van der Waals surface area contributed by atoms with Crippen LogP contribution < -0.4 is 0 Å². The van der Waals surface area contributed by atoms with Gasteiger partial charge in [-0.15, -0.1) is 0 Å². The van der Waals surface area contributed by atoms with Crippen molar-refractivity contribution in [2.75, 3.05) is 26.2 Å². The van der Waals surface area contributed by atoms with Crippen molar-refractivity contribution in [1.82, 2.24) is 9.21 Å². The average Bonchev–Trinajstić information content (AvgIpc) is 2.57. The number of rotatable bonds is 4. The van der Waals surface area contributed by atoms with Gasteiger partial charge in [-0.1, -0.05) is 35.9 Å². The topological polar surface area (TPSA) is 40.6 Å². The van der Waals surface area contributed by atoms with E-state index >= 15 is 0 Å². The molecule has 0 spiro atoms. The minimum atomic E-state index is -3.54. The van der Waals surface area contributed by atoms with E-state index in [-0.39, 0.29) is 10.7 Å². The van der Waals surface area contributed by atoms with E-state index < -0.39 is 10.0 Å². The van der Waals surface area contributed by atoms with Crippen LogP contribution in [0.1, 0.15) is 5.56 Å². The molecular formula is C17H18ClFN2O2S. The molecule has 0 aromatic heterocycles. The van der Waals surface area contributed by atoms with Crippen molar-refractivity contribution in [1.29, 1.82) is 0 Å². The first-order valence-electron chi connectivity index (χ1n) is 7.68. The Hall–Kier alpha value is -1.47. The number of hydrogen-bond donors (Lipinski definition) is 0. The lowest BCUT2D eigenvalue weighted by Crippen LogP contribution is -2.48. The van der Waals surface area contributed by atoms with E-state index in [4.69, 9.17) is 11.6 Å². The molecule has 0 unspecified atom stereocenters. The second-order valence-corrected chi connectivity index (χ2v) is 8.10. The summed E-state index contributed by atoms with van der Waals surface area (Å²) in [6, 6.07) is 12.9. The Morgan fingerprint density at radius 3 is 2.38 bits per heavy atom. The van der Waals surface area contributed by atoms with Gasteiger partial charge < -0.3 is 0 Å². The lowest BCUT2D eigenvalue weighted by molar-refractivity contribution is 0.180. The number of piperazine rings is 1. The first-order valence-corrected chi connectivity index (χ1v) is 9.50. The van der Waals surface area contributed by atoms with Crippen LogP contribution in [0.4, 0.5) is 4.39 Å². The Kier molecular flexibility index (Phi) is 5.20. The highest BCUT2D eigenvalue weighted by Gasteiger charge is 2.28. The quantitative estimate of drug-likeness (QED) is 0.833. The molecule has 7 heteroatoms. The molecule has 2 aromatic rings. The van der Waals surface area contributed by atoms with Crippen molar-refractivity contribution in [3.05, 3.63) is 64.9 Å². The van der Waals surface area contributed by atoms with Gasteiger partial charge in [0.05, 0.1) is 4.90 Å². The maximum atomic E-state index is 13.7. The number of halogens is 2. The van der Waals surface area contributed by atoms with Gasteiger partial charge in [-0.3, -0.25) is 4.90 Å². The lowest BCUT2D eigenvalue weighted by Gasteiger charge is -2.34. The van der Waals surface area contributed by atoms with E-state index in [2.05, 4.69) is 4.90 Å². The molecule has 0 aliphatic carbocycles. The van der Waals surface area contributed by atoms with E-state index in [9.17, 15) is 12.8 Å². The molecule has 0 bridgehead atoms. The molecule has 128 valence electrons. The van der Waals surface area contributed by atoms with Crippen molar-refractivity contribution in [3.8, 4) is 0 Å². The third kappa shape index (κ3) is 3.78. The Morgan fingerprint density at radius 1 is 1.00 bits per heavy atom. The van der Waals surface area contributed by atoms with Gasteiger partial charge >= 0.3 is 0 Å². The number of nitrogens with zero attached hydrogens (tertiary/aromatic N) is 2. The molecule has 1 fully saturated rings. The molecule has 1 aliphatic heterocycles. The fourth-order valence-corrected chi connectivity index (χ4v) is 4.50. The third-order valence-corrected chi connectivity index (χ3v) is 6.25. The Labute approximate surface area is 146 Å². The van der Waals surface area contributed by atoms with Crippen LogP contribution in [0.5, 0.6) is 0 Å². The highest BCUT2D eigenvalue weighted by molar-refractivity contribution is 7.89. The Morgan fingerprint density at radius 2 is 1.71 bits per heavy atom. The summed E-state index contributed by atoms with van der Waals surface area (Å²) in [5.74, 6) is -0.230. The minimum Gasteiger partial charge on any atom is -0.296 e. The zero-order valence-corrected chi connectivity index (χ0v) is 14.6. The second kappa shape index (κ2) is 7.19. The molecule has 0 radical (unpaired) electrons. The van der Waals surface area contributed by atoms with Crippen LogP contribution in [-0.4, -0.2) is 43.8 Å². The molecule has 1 saturated heterocycles. The molecule has 0 atom stereocenters. The molecule has 3 rings (SSSR count). The normalized spacial score (nSPS) is 17.1. The molecule has 2 aromatic carbocycles. The molecule has 0 amide bonds. The summed E-state index contributed by atoms with van der Waals surface area (Å²) in [6.07, 6.45) is 0. The van der Waals surface area contributed by atoms with E-state index in [0.29, 0.717) is 43.3 Å². The second-order valence-electron chi connectivity index (χ2n) is 5.73. The zero-order chi connectivity index (χ0) is 17.2. The van der Waals surface area contributed by atoms with Gasteiger partial charge in [0, 0.05) is 43.3 Å². The molecule has 4 nitrogen and oxygen atoms in total. The first-order chi connectivity index (χ1) is 11.5. The van der Waals surface area contributed by atoms with Gasteiger partial charge in [-0.25, -0.2) is 12.8 Å². The summed E-state index contributed by atoms with van der Waals surface area (Å²) in [4.78, 5) is 2.26. The maximum absolute atomic E-state index is 13.7. The number of benzene rings is 2. The van der Waals surface area contributed by atoms with Gasteiger partial charge in [0.15, 0.2) is 0 Å². The van der Waals surface area contributed by atoms with E-state index in [1.54, 1.807) is 36.4 Å². The van der Waals surface area contributed by atoms with Crippen molar-refractivity contribution < 1.29 is 12.8 Å². The van der Waals surface area contributed by atoms with E-state index in [1.165, 1.54) is 16.4 Å². The smallest absolute Gasteiger partial charge is 0.243 e. The van der Waals surface area contributed by atoms with Crippen molar-refractivity contribution in [2.24, 2.45) is 0 Å². The van der Waals surface area contributed by atoms with E-state index in [1.807, 2.05) is 0 Å². The predicted molar refractivity (Wildman–Crippen MR) is 91.9 cm³/mol. The van der Waals surface area contributed by atoms with Crippen LogP contribution in [-0.2, 0) is 16.6 Å². The zero-order valence-electron chi connectivity index (χ0n) is 13.0. The summed E-state index contributed by atoms with van der Waals surface area (Å²) in [7, 11) is -3.54. The summed E-state index contributed by atoms with van der Waals surface area (Å²) in [6.45, 7) is 2.37. The maximum Gasteiger partial charge on any atom is 0.243 e. The predicted octanol–water partition coefficient (Wildman–Crippen LogP) is 2.99. The lowest BCUT2D eigenvalue weighted by atomic mass is 10.2. The van der Waals surface area contributed by atoms with Crippen LogP contribution in [0.15, 0.2) is 53.4 Å². The average molecular weight is 369 g/mol. The monoisotopic (exact) mass is 368 g/mol. The van der Waals surface area contributed by atoms with Crippen LogP contribution >= 0.6 is 11.6 Å². The van der Waals surface area contributed by atoms with Crippen LogP contribution in [0.25, 0.3) is 0 Å². The highest BCUT2D eigenvalue weighted by Crippen LogP contribution is 2.21. The summed E-state index contributed by atoms with van der Waals surface area (Å²) >= 11 is 5.89. The number of sulfonamides is 1. The standard InChI is InChI=1S/C17H18ClFN2O2S/c18-15-5-3-6-16(12-15)24(22,23)21-10-8-20(9-11-21)13-14-4-1-2-7-17(14)19/h1-7,12H,8-11,13H2. The van der Waals surface area contributed by atoms with E-state index in [0.717, 1.165) is 0 Å². The Bertz CT molecular complexity index is 821. The molecule has 0 saturated carbocycles. The minimum absolute atomic E-state index is 0.206. The van der Waals surface area contributed by atoms with Gasteiger partial charge in [0.25, 0.3) is 0 Å². The molecule has 1 aliphatic rings. The highest BCUT2D eigenvalue weighted by atomic mass is 35.5. The van der Waals surface area contributed by atoms with Gasteiger partial charge in [0.1, 0.15) is 5.82 Å². The fraction of sp³-hybridized carbons (Fsp3) is 0.294. The van der Waals surface area contributed by atoms with Gasteiger partial charge in [-0.05, 0) is 24.3 Å². The van der Waals surface area contributed by atoms with Gasteiger partial charge in [0.2, 0.25) is 10.0 Å². The summed E-state index contributed by atoms with van der Waals surface area (Å²) in [5.41, 5.74) is 0.628. The number of hydrogen-bond acceptors (Lipinski definition) is 3. The Balaban J connectivity index is 1.65. The van der Waals surface area contributed by atoms with Crippen molar-refractivity contribution >= 4 is 21.6 Å². The fourth-order valence-electron chi connectivity index (χ4n) is 2.77. The molecular weight excluding hydrogens is 351 g/mol. The summed E-state index contributed by atoms with van der Waals surface area (Å²) < 4.78 is 40.5. The summed E-state index contributed by atoms with van der Waals surface area (Å²) in [5, 5.41) is 0.397. The van der Waals surface area contributed by atoms with Crippen LogP contribution in [0.2, 0.25) is 5.02 Å². The first kappa shape index (κ1) is 17.4. The van der Waals surface area contributed by atoms with Gasteiger partial charge in [-0.2, -0.15) is 4.31 Å². The van der Waals surface area contributed by atoms with Crippen molar-refractivity contribution in [2.45, 2.75) is 11.4 Å². The molecule has 1 heterocycles. The largest absolute Gasteiger partial charge is 0.296 e. The SMILES string of the molecule is O=S(=O)(c1cccc(Cl)c1)N1CCN(Cc2ccccc2F)CC1. The van der Waals surface area contributed by atoms with Crippen molar-refractivity contribution in [3.63, 3.8) is 0 Å². The van der Waals surface area contributed by atoms with Crippen LogP contribution in [0, 0.1) is 5.82 Å². The van der Waals surface area contributed by atoms with Crippen LogP contribution in [0.3, 0.4) is 0 Å². The molecule has 24 heavy (non-hydrogen) atoms. The molecule has 0 N–H and O–H groups in total. The third-order valence-electron chi connectivity index (χ3n) is 4.12.